The highest BCUT2D eigenvalue weighted by Crippen LogP contribution is 2.57. The first-order valence-corrected chi connectivity index (χ1v) is 19.8. The average molecular weight is 679 g/mol. The van der Waals surface area contributed by atoms with Crippen molar-refractivity contribution in [3.05, 3.63) is 108 Å². The molecule has 0 spiro atoms. The molecule has 4 unspecified atom stereocenters. The van der Waals surface area contributed by atoms with Crippen molar-refractivity contribution in [2.24, 2.45) is 5.92 Å². The van der Waals surface area contributed by atoms with Gasteiger partial charge in [0, 0.05) is 25.7 Å². The predicted octanol–water partition coefficient (Wildman–Crippen LogP) is 11.0. The molecule has 0 saturated carbocycles. The third-order valence-electron chi connectivity index (χ3n) is 9.32. The molecule has 0 saturated heterocycles. The van der Waals surface area contributed by atoms with Gasteiger partial charge in [-0.05, 0) is 86.4 Å². The zero-order valence-corrected chi connectivity index (χ0v) is 30.9. The second-order valence-corrected chi connectivity index (χ2v) is 17.4. The number of hydrogen-bond donors (Lipinski definition) is 0. The van der Waals surface area contributed by atoms with Gasteiger partial charge in [-0.15, -0.1) is 0 Å². The Bertz CT molecular complexity index is 1550. The summed E-state index contributed by atoms with van der Waals surface area (Å²) in [5, 5.41) is 0.887. The van der Waals surface area contributed by atoms with E-state index < -0.39 is 15.2 Å². The van der Waals surface area contributed by atoms with E-state index in [9.17, 15) is 9.13 Å². The summed E-state index contributed by atoms with van der Waals surface area (Å²) >= 11 is 0. The molecule has 6 nitrogen and oxygen atoms in total. The third kappa shape index (κ3) is 8.78. The van der Waals surface area contributed by atoms with Gasteiger partial charge in [-0.25, -0.2) is 9.13 Å². The van der Waals surface area contributed by atoms with E-state index >= 15 is 0 Å². The van der Waals surface area contributed by atoms with Gasteiger partial charge in [0.1, 0.15) is 11.5 Å². The highest BCUT2D eigenvalue weighted by atomic mass is 31.2. The zero-order valence-electron chi connectivity index (χ0n) is 29.2. The van der Waals surface area contributed by atoms with E-state index in [0.29, 0.717) is 27.7 Å². The van der Waals surface area contributed by atoms with Crippen LogP contribution in [0.1, 0.15) is 96.6 Å². The maximum atomic E-state index is 14.5. The molecule has 0 fully saturated rings. The van der Waals surface area contributed by atoms with Crippen LogP contribution in [-0.2, 0) is 23.6 Å². The Hall–Kier alpha value is -2.88. The molecule has 3 aromatic rings. The molecular weight excluding hydrogens is 626 g/mol. The first kappa shape index (κ1) is 36.9. The molecule has 0 bridgehead atoms. The van der Waals surface area contributed by atoms with Crippen molar-refractivity contribution in [1.29, 1.82) is 0 Å². The topological polar surface area (TPSA) is 71.1 Å². The van der Waals surface area contributed by atoms with E-state index in [0.717, 1.165) is 49.7 Å². The van der Waals surface area contributed by atoms with E-state index in [2.05, 4.69) is 40.3 Å². The van der Waals surface area contributed by atoms with Crippen LogP contribution in [0.2, 0.25) is 0 Å². The van der Waals surface area contributed by atoms with Crippen molar-refractivity contribution in [2.45, 2.75) is 90.9 Å². The molecule has 4 atom stereocenters. The summed E-state index contributed by atoms with van der Waals surface area (Å²) in [5.74, 6) is 0.570. The summed E-state index contributed by atoms with van der Waals surface area (Å²) in [7, 11) is -4.89. The largest absolute Gasteiger partial charge is 0.421 e. The Morgan fingerprint density at radius 3 is 1.81 bits per heavy atom. The molecule has 47 heavy (non-hydrogen) atoms. The Morgan fingerprint density at radius 1 is 0.851 bits per heavy atom. The van der Waals surface area contributed by atoms with Crippen molar-refractivity contribution in [3.63, 3.8) is 0 Å². The second kappa shape index (κ2) is 16.0. The number of allylic oxidation sites excluding steroid dienone is 3. The lowest BCUT2D eigenvalue weighted by Gasteiger charge is -2.35. The van der Waals surface area contributed by atoms with Crippen molar-refractivity contribution in [2.75, 3.05) is 14.2 Å². The smallest absolute Gasteiger partial charge is 0.410 e. The fourth-order valence-corrected chi connectivity index (χ4v) is 9.06. The SMILES string of the molecule is C=C(C)C1CCC(C)=CC1c1c(OP(=O)(OC)c2ccccc2)cc(C(C)(C)CCCCCC)cc1OP(=O)(OC)c1ccccc1. The molecule has 0 aromatic heterocycles. The third-order valence-corrected chi connectivity index (χ3v) is 13.0. The van der Waals surface area contributed by atoms with Crippen molar-refractivity contribution in [1.82, 2.24) is 0 Å². The van der Waals surface area contributed by atoms with E-state index in [1.165, 1.54) is 26.2 Å². The molecule has 1 aliphatic rings. The summed E-state index contributed by atoms with van der Waals surface area (Å²) in [6, 6.07) is 22.0. The van der Waals surface area contributed by atoms with Crippen LogP contribution in [0, 0.1) is 5.92 Å². The quantitative estimate of drug-likeness (QED) is 0.0853. The summed E-state index contributed by atoms with van der Waals surface area (Å²) in [4.78, 5) is 0. The summed E-state index contributed by atoms with van der Waals surface area (Å²) in [5.41, 5.74) is 3.52. The van der Waals surface area contributed by atoms with Crippen molar-refractivity contribution < 1.29 is 27.2 Å². The van der Waals surface area contributed by atoms with E-state index in [1.807, 2.05) is 55.5 Å². The van der Waals surface area contributed by atoms with Crippen molar-refractivity contribution >= 4 is 25.8 Å². The average Bonchev–Trinajstić information content (AvgIpc) is 3.07. The molecule has 0 N–H and O–H groups in total. The molecule has 3 aromatic carbocycles. The lowest BCUT2D eigenvalue weighted by Crippen LogP contribution is -2.22. The fourth-order valence-electron chi connectivity index (χ4n) is 6.39. The Balaban J connectivity index is 2.02. The van der Waals surface area contributed by atoms with Crippen LogP contribution in [0.5, 0.6) is 11.5 Å². The molecule has 0 radical (unpaired) electrons. The van der Waals surface area contributed by atoms with Crippen molar-refractivity contribution in [3.8, 4) is 11.5 Å². The van der Waals surface area contributed by atoms with Gasteiger partial charge in [-0.1, -0.05) is 107 Å². The van der Waals surface area contributed by atoms with E-state index in [-0.39, 0.29) is 17.3 Å². The molecular formula is C39H52O6P2. The van der Waals surface area contributed by atoms with Crippen LogP contribution in [0.4, 0.5) is 0 Å². The molecule has 1 aliphatic carbocycles. The van der Waals surface area contributed by atoms with Gasteiger partial charge in [0.15, 0.2) is 0 Å². The van der Waals surface area contributed by atoms with Gasteiger partial charge < -0.3 is 9.05 Å². The first-order chi connectivity index (χ1) is 22.4. The van der Waals surface area contributed by atoms with Crippen LogP contribution in [-0.4, -0.2) is 14.2 Å². The maximum Gasteiger partial charge on any atom is 0.410 e. The number of rotatable bonds is 16. The van der Waals surface area contributed by atoms with Gasteiger partial charge in [0.2, 0.25) is 0 Å². The normalized spacial score (nSPS) is 19.3. The lowest BCUT2D eigenvalue weighted by atomic mass is 9.72. The monoisotopic (exact) mass is 678 g/mol. The number of benzene rings is 3. The standard InChI is InChI=1S/C39H52O6P2/c1-9-10-11-18-25-39(5,6)31-27-36(44-46(40,42-7)32-19-14-12-15-20-32)38(35-26-30(4)23-24-34(35)29(2)3)37(28-31)45-47(41,43-8)33-21-16-13-17-22-33/h12-17,19-22,26-28,34-35H,2,9-11,18,23-25H2,1,3-8H3. The highest BCUT2D eigenvalue weighted by molar-refractivity contribution is 7.63. The Labute approximate surface area is 282 Å². The molecule has 8 heteroatoms. The van der Waals surface area contributed by atoms with E-state index in [1.54, 1.807) is 24.3 Å². The fraction of sp³-hybridized carbons (Fsp3) is 0.436. The van der Waals surface area contributed by atoms with E-state index in [4.69, 9.17) is 18.1 Å². The number of hydrogen-bond acceptors (Lipinski definition) is 6. The predicted molar refractivity (Wildman–Crippen MR) is 195 cm³/mol. The molecule has 4 rings (SSSR count). The minimum Gasteiger partial charge on any atom is -0.421 e. The Kier molecular flexibility index (Phi) is 12.6. The minimum absolute atomic E-state index is 0.0496. The maximum absolute atomic E-state index is 14.5. The molecule has 0 aliphatic heterocycles. The summed E-state index contributed by atoms with van der Waals surface area (Å²) in [6.07, 6.45) is 9.47. The highest BCUT2D eigenvalue weighted by Gasteiger charge is 2.39. The van der Waals surface area contributed by atoms with Crippen LogP contribution >= 0.6 is 15.2 Å². The zero-order chi connectivity index (χ0) is 34.2. The van der Waals surface area contributed by atoms with Gasteiger partial charge in [-0.3, -0.25) is 9.05 Å². The van der Waals surface area contributed by atoms with Gasteiger partial charge in [-0.2, -0.15) is 0 Å². The van der Waals surface area contributed by atoms with Crippen LogP contribution in [0.15, 0.2) is 96.6 Å². The second-order valence-electron chi connectivity index (χ2n) is 13.3. The molecule has 0 heterocycles. The van der Waals surface area contributed by atoms with Crippen LogP contribution < -0.4 is 19.7 Å². The van der Waals surface area contributed by atoms with Gasteiger partial charge in [0.05, 0.1) is 10.6 Å². The lowest BCUT2D eigenvalue weighted by molar-refractivity contribution is 0.323. The molecule has 0 amide bonds. The van der Waals surface area contributed by atoms with Crippen LogP contribution in [0.25, 0.3) is 0 Å². The molecule has 254 valence electrons. The van der Waals surface area contributed by atoms with Crippen LogP contribution in [0.3, 0.4) is 0 Å². The van der Waals surface area contributed by atoms with Gasteiger partial charge >= 0.3 is 15.2 Å². The summed E-state index contributed by atoms with van der Waals surface area (Å²) in [6.45, 7) is 15.1. The van der Waals surface area contributed by atoms with Gasteiger partial charge in [0.25, 0.3) is 0 Å². The summed E-state index contributed by atoms with van der Waals surface area (Å²) < 4.78 is 53.7. The first-order valence-electron chi connectivity index (χ1n) is 16.7. The number of unbranched alkanes of at least 4 members (excludes halogenated alkanes) is 3. The minimum atomic E-state index is -3.85. The Morgan fingerprint density at radius 2 is 1.36 bits per heavy atom.